The van der Waals surface area contributed by atoms with Crippen LogP contribution in [-0.4, -0.2) is 26.0 Å². The third kappa shape index (κ3) is 7.38. The van der Waals surface area contributed by atoms with Gasteiger partial charge in [0.05, 0.1) is 11.5 Å². The molecule has 33 heavy (non-hydrogen) atoms. The van der Waals surface area contributed by atoms with Crippen molar-refractivity contribution in [2.45, 2.75) is 24.8 Å². The Kier molecular flexibility index (Phi) is 8.53. The largest absolute Gasteiger partial charge is 0.494 e. The summed E-state index contributed by atoms with van der Waals surface area (Å²) in [6, 6.07) is 22.1. The molecule has 7 nitrogen and oxygen atoms in total. The average Bonchev–Trinajstić information content (AvgIpc) is 2.83. The molecule has 0 saturated carbocycles. The van der Waals surface area contributed by atoms with Gasteiger partial charge in [0.25, 0.3) is 5.91 Å². The Bertz CT molecular complexity index is 1180. The van der Waals surface area contributed by atoms with Crippen LogP contribution in [0.2, 0.25) is 0 Å². The van der Waals surface area contributed by atoms with Gasteiger partial charge >= 0.3 is 0 Å². The molecule has 0 unspecified atom stereocenters. The van der Waals surface area contributed by atoms with Crippen molar-refractivity contribution in [1.29, 1.82) is 0 Å². The van der Waals surface area contributed by atoms with E-state index in [1.807, 2.05) is 37.3 Å². The van der Waals surface area contributed by atoms with Crippen LogP contribution in [0.25, 0.3) is 0 Å². The molecule has 0 aliphatic carbocycles. The van der Waals surface area contributed by atoms with E-state index >= 15 is 0 Å². The van der Waals surface area contributed by atoms with Crippen LogP contribution >= 0.6 is 12.2 Å². The lowest BCUT2D eigenvalue weighted by atomic mass is 10.2. The molecule has 0 heterocycles. The van der Waals surface area contributed by atoms with Crippen molar-refractivity contribution >= 4 is 38.9 Å². The highest BCUT2D eigenvalue weighted by Gasteiger charge is 2.14. The standard InChI is InChI=1S/C24H25N3O4S2/c1-2-16-31-21-12-8-19(9-13-21)23(28)27-24(32)26-20-10-14-22(15-11-20)33(29,30)25-17-18-6-4-3-5-7-18/h3-15,25H,2,16-17H2,1H3,(H2,26,27,28,32). The Morgan fingerprint density at radius 3 is 2.24 bits per heavy atom. The van der Waals surface area contributed by atoms with Crippen LogP contribution in [-0.2, 0) is 16.6 Å². The van der Waals surface area contributed by atoms with Gasteiger partial charge in [0.2, 0.25) is 10.0 Å². The number of nitrogens with one attached hydrogen (secondary N) is 3. The number of anilines is 1. The molecular weight excluding hydrogens is 458 g/mol. The van der Waals surface area contributed by atoms with Crippen LogP contribution in [0.5, 0.6) is 5.75 Å². The van der Waals surface area contributed by atoms with E-state index in [2.05, 4.69) is 15.4 Å². The van der Waals surface area contributed by atoms with Crippen molar-refractivity contribution in [3.8, 4) is 5.75 Å². The zero-order chi connectivity index (χ0) is 23.7. The van der Waals surface area contributed by atoms with Crippen LogP contribution in [0, 0.1) is 0 Å². The summed E-state index contributed by atoms with van der Waals surface area (Å²) in [5.74, 6) is 0.334. The Hall–Kier alpha value is -3.27. The summed E-state index contributed by atoms with van der Waals surface area (Å²) in [6.07, 6.45) is 0.902. The van der Waals surface area contributed by atoms with Gasteiger partial charge in [-0.2, -0.15) is 0 Å². The summed E-state index contributed by atoms with van der Waals surface area (Å²) in [5.41, 5.74) is 1.85. The van der Waals surface area contributed by atoms with Crippen molar-refractivity contribution in [3.05, 3.63) is 90.0 Å². The maximum atomic E-state index is 12.5. The average molecular weight is 484 g/mol. The molecule has 0 aliphatic rings. The van der Waals surface area contributed by atoms with Crippen LogP contribution in [0.15, 0.2) is 83.8 Å². The molecule has 0 fully saturated rings. The van der Waals surface area contributed by atoms with E-state index in [9.17, 15) is 13.2 Å². The second kappa shape index (κ2) is 11.6. The first kappa shape index (κ1) is 24.4. The predicted molar refractivity (Wildman–Crippen MR) is 133 cm³/mol. The molecule has 9 heteroatoms. The SMILES string of the molecule is CCCOc1ccc(C(=O)NC(=S)Nc2ccc(S(=O)(=O)NCc3ccccc3)cc2)cc1. The molecule has 1 amide bonds. The van der Waals surface area contributed by atoms with Gasteiger partial charge in [-0.25, -0.2) is 13.1 Å². The zero-order valence-electron chi connectivity index (χ0n) is 18.1. The summed E-state index contributed by atoms with van der Waals surface area (Å²) >= 11 is 5.20. The second-order valence-electron chi connectivity index (χ2n) is 7.12. The molecule has 3 rings (SSSR count). The number of carbonyl (C=O) groups is 1. The van der Waals surface area contributed by atoms with Crippen molar-refractivity contribution in [2.24, 2.45) is 0 Å². The Morgan fingerprint density at radius 1 is 0.939 bits per heavy atom. The molecule has 3 N–H and O–H groups in total. The molecule has 0 radical (unpaired) electrons. The number of thiocarbonyl (C=S) groups is 1. The Balaban J connectivity index is 1.53. The van der Waals surface area contributed by atoms with Gasteiger partial charge in [-0.1, -0.05) is 37.3 Å². The quantitative estimate of drug-likeness (QED) is 0.397. The van der Waals surface area contributed by atoms with Gasteiger partial charge in [0.15, 0.2) is 5.11 Å². The zero-order valence-corrected chi connectivity index (χ0v) is 19.7. The van der Waals surface area contributed by atoms with E-state index in [0.29, 0.717) is 23.6 Å². The van der Waals surface area contributed by atoms with Crippen molar-refractivity contribution in [1.82, 2.24) is 10.0 Å². The van der Waals surface area contributed by atoms with Crippen molar-refractivity contribution in [3.63, 3.8) is 0 Å². The summed E-state index contributed by atoms with van der Waals surface area (Å²) in [7, 11) is -3.66. The summed E-state index contributed by atoms with van der Waals surface area (Å²) in [5, 5.41) is 5.58. The van der Waals surface area contributed by atoms with Crippen molar-refractivity contribution < 1.29 is 17.9 Å². The second-order valence-corrected chi connectivity index (χ2v) is 9.29. The minimum Gasteiger partial charge on any atom is -0.494 e. The highest BCUT2D eigenvalue weighted by Crippen LogP contribution is 2.15. The topological polar surface area (TPSA) is 96.5 Å². The van der Waals surface area contributed by atoms with Crippen LogP contribution < -0.4 is 20.1 Å². The van der Waals surface area contributed by atoms with E-state index in [1.54, 1.807) is 36.4 Å². The molecular formula is C24H25N3O4S2. The number of carbonyl (C=O) groups excluding carboxylic acids is 1. The Morgan fingerprint density at radius 2 is 1.61 bits per heavy atom. The normalized spacial score (nSPS) is 10.9. The van der Waals surface area contributed by atoms with E-state index < -0.39 is 10.0 Å². The van der Waals surface area contributed by atoms with Gasteiger partial charge in [0.1, 0.15) is 5.75 Å². The third-order valence-corrected chi connectivity index (χ3v) is 6.17. The lowest BCUT2D eigenvalue weighted by molar-refractivity contribution is 0.0977. The minimum absolute atomic E-state index is 0.101. The number of hydrogen-bond donors (Lipinski definition) is 3. The smallest absolute Gasteiger partial charge is 0.257 e. The highest BCUT2D eigenvalue weighted by atomic mass is 32.2. The maximum absolute atomic E-state index is 12.5. The van der Waals surface area contributed by atoms with E-state index in [1.165, 1.54) is 12.1 Å². The first-order chi connectivity index (χ1) is 15.9. The fraction of sp³-hybridized carbons (Fsp3) is 0.167. The molecule has 0 aliphatic heterocycles. The molecule has 0 saturated heterocycles. The summed E-state index contributed by atoms with van der Waals surface area (Å²) in [6.45, 7) is 2.83. The lowest BCUT2D eigenvalue weighted by Gasteiger charge is -2.11. The molecule has 0 atom stereocenters. The highest BCUT2D eigenvalue weighted by molar-refractivity contribution is 7.89. The minimum atomic E-state index is -3.66. The van der Waals surface area contributed by atoms with E-state index in [0.717, 1.165) is 12.0 Å². The van der Waals surface area contributed by atoms with Crippen LogP contribution in [0.1, 0.15) is 29.3 Å². The van der Waals surface area contributed by atoms with Crippen LogP contribution in [0.4, 0.5) is 5.69 Å². The van der Waals surface area contributed by atoms with Crippen LogP contribution in [0.3, 0.4) is 0 Å². The first-order valence-electron chi connectivity index (χ1n) is 10.4. The van der Waals surface area contributed by atoms with Gasteiger partial charge in [-0.05, 0) is 72.7 Å². The van der Waals surface area contributed by atoms with Gasteiger partial charge in [-0.15, -0.1) is 0 Å². The summed E-state index contributed by atoms with van der Waals surface area (Å²) in [4.78, 5) is 12.5. The third-order valence-electron chi connectivity index (χ3n) is 4.55. The first-order valence-corrected chi connectivity index (χ1v) is 12.3. The number of sulfonamides is 1. The van der Waals surface area contributed by atoms with E-state index in [4.69, 9.17) is 17.0 Å². The number of hydrogen-bond acceptors (Lipinski definition) is 5. The van der Waals surface area contributed by atoms with Gasteiger partial charge in [0, 0.05) is 17.8 Å². The predicted octanol–water partition coefficient (Wildman–Crippen LogP) is 4.08. The molecule has 0 aromatic heterocycles. The molecule has 0 spiro atoms. The fourth-order valence-electron chi connectivity index (χ4n) is 2.84. The lowest BCUT2D eigenvalue weighted by Crippen LogP contribution is -2.34. The van der Waals surface area contributed by atoms with E-state index in [-0.39, 0.29) is 22.5 Å². The van der Waals surface area contributed by atoms with Gasteiger partial charge < -0.3 is 10.1 Å². The molecule has 0 bridgehead atoms. The molecule has 3 aromatic carbocycles. The summed E-state index contributed by atoms with van der Waals surface area (Å²) < 4.78 is 33.1. The number of rotatable bonds is 9. The molecule has 3 aromatic rings. The number of benzene rings is 3. The van der Waals surface area contributed by atoms with Crippen molar-refractivity contribution in [2.75, 3.05) is 11.9 Å². The Labute approximate surface area is 199 Å². The maximum Gasteiger partial charge on any atom is 0.257 e. The monoisotopic (exact) mass is 483 g/mol. The molecule has 172 valence electrons. The fourth-order valence-corrected chi connectivity index (χ4v) is 4.06. The number of ether oxygens (including phenoxy) is 1. The van der Waals surface area contributed by atoms with Gasteiger partial charge in [-0.3, -0.25) is 10.1 Å². The number of amides is 1.